The predicted octanol–water partition coefficient (Wildman–Crippen LogP) is 3.43. The van der Waals surface area contributed by atoms with E-state index in [2.05, 4.69) is 13.8 Å². The Bertz CT molecular complexity index is 614. The average molecular weight is 346 g/mol. The van der Waals surface area contributed by atoms with E-state index < -0.39 is 13.1 Å². The van der Waals surface area contributed by atoms with E-state index >= 15 is 0 Å². The minimum Gasteiger partial charge on any atom is -0.535 e. The van der Waals surface area contributed by atoms with Gasteiger partial charge in [-0.15, -0.1) is 0 Å². The summed E-state index contributed by atoms with van der Waals surface area (Å²) in [7, 11) is -1.09. The Balaban J connectivity index is 2.05. The molecule has 0 unspecified atom stereocenters. The molecule has 1 atom stereocenters. The smallest absolute Gasteiger partial charge is 0.526 e. The highest BCUT2D eigenvalue weighted by Crippen LogP contribution is 2.36. The molecule has 0 aromatic heterocycles. The molecule has 1 heterocycles. The fraction of sp³-hybridized carbons (Fsp3) is 0.579. The summed E-state index contributed by atoms with van der Waals surface area (Å²) in [5.74, 6) is 0.332. The van der Waals surface area contributed by atoms with E-state index in [1.165, 1.54) is 0 Å². The summed E-state index contributed by atoms with van der Waals surface area (Å²) < 4.78 is 10.9. The molecule has 2 rings (SSSR count). The molecule has 0 spiro atoms. The molecule has 0 aliphatic carbocycles. The Hall–Kier alpha value is -1.82. The normalized spacial score (nSPS) is 16.4. The van der Waals surface area contributed by atoms with Crippen LogP contribution in [-0.2, 0) is 16.0 Å². The number of hydrogen-bond donors (Lipinski definition) is 1. The minimum absolute atomic E-state index is 0.0943. The molecule has 0 saturated carbocycles. The van der Waals surface area contributed by atoms with Crippen molar-refractivity contribution in [1.29, 1.82) is 0 Å². The molecule has 0 saturated heterocycles. The zero-order chi connectivity index (χ0) is 18.4. The lowest BCUT2D eigenvalue weighted by atomic mass is 9.64. The Kier molecular flexibility index (Phi) is 7.06. The first-order valence-electron chi connectivity index (χ1n) is 9.07. The molecule has 1 aromatic carbocycles. The summed E-state index contributed by atoms with van der Waals surface area (Å²) >= 11 is 0. The monoisotopic (exact) mass is 346 g/mol. The zero-order valence-corrected chi connectivity index (χ0v) is 15.3. The highest BCUT2D eigenvalue weighted by molar-refractivity contribution is 6.47. The van der Waals surface area contributed by atoms with Crippen LogP contribution in [0, 0.1) is 5.92 Å². The van der Waals surface area contributed by atoms with Crippen LogP contribution >= 0.6 is 0 Å². The van der Waals surface area contributed by atoms with Crippen molar-refractivity contribution < 1.29 is 24.0 Å². The van der Waals surface area contributed by atoms with Crippen LogP contribution in [0.25, 0.3) is 0 Å². The van der Waals surface area contributed by atoms with Crippen molar-refractivity contribution >= 4 is 18.9 Å². The van der Waals surface area contributed by atoms with Crippen LogP contribution in [0.3, 0.4) is 0 Å². The van der Waals surface area contributed by atoms with Crippen LogP contribution in [0.4, 0.5) is 0 Å². The van der Waals surface area contributed by atoms with E-state index in [9.17, 15) is 14.6 Å². The van der Waals surface area contributed by atoms with Crippen molar-refractivity contribution in [3.05, 3.63) is 29.3 Å². The topological polar surface area (TPSA) is 72.8 Å². The van der Waals surface area contributed by atoms with Crippen LogP contribution < -0.4 is 4.65 Å². The fourth-order valence-corrected chi connectivity index (χ4v) is 2.99. The van der Waals surface area contributed by atoms with Gasteiger partial charge in [-0.1, -0.05) is 32.9 Å². The third kappa shape index (κ3) is 5.33. The SMILES string of the molecule is CCC(=O)C[C@H]1Cc2cccc(C(=O)OCCCC(C)C)c2OB1O. The first kappa shape index (κ1) is 19.5. The van der Waals surface area contributed by atoms with Gasteiger partial charge >= 0.3 is 13.1 Å². The highest BCUT2D eigenvalue weighted by Gasteiger charge is 2.37. The second kappa shape index (κ2) is 9.04. The Morgan fingerprint density at radius 1 is 1.40 bits per heavy atom. The third-order valence-electron chi connectivity index (χ3n) is 4.48. The molecule has 1 aliphatic heterocycles. The molecule has 0 bridgehead atoms. The molecule has 1 aliphatic rings. The first-order chi connectivity index (χ1) is 11.9. The van der Waals surface area contributed by atoms with Gasteiger partial charge in [-0.3, -0.25) is 4.79 Å². The summed E-state index contributed by atoms with van der Waals surface area (Å²) in [4.78, 5) is 24.0. The van der Waals surface area contributed by atoms with E-state index in [1.54, 1.807) is 19.1 Å². The van der Waals surface area contributed by atoms with Crippen molar-refractivity contribution in [2.75, 3.05) is 6.61 Å². The van der Waals surface area contributed by atoms with Crippen molar-refractivity contribution in [2.45, 2.75) is 58.7 Å². The molecule has 0 fully saturated rings. The number of carbonyl (C=O) groups excluding carboxylic acids is 2. The van der Waals surface area contributed by atoms with Gasteiger partial charge in [0.25, 0.3) is 0 Å². The lowest BCUT2D eigenvalue weighted by Crippen LogP contribution is -2.35. The van der Waals surface area contributed by atoms with Crippen molar-refractivity contribution in [2.24, 2.45) is 5.92 Å². The van der Waals surface area contributed by atoms with Gasteiger partial charge in [0.1, 0.15) is 17.1 Å². The van der Waals surface area contributed by atoms with Crippen molar-refractivity contribution in [1.82, 2.24) is 0 Å². The minimum atomic E-state index is -1.09. The number of fused-ring (bicyclic) bond motifs is 1. The maximum atomic E-state index is 12.3. The van der Waals surface area contributed by atoms with Gasteiger partial charge in [0.05, 0.1) is 6.61 Å². The summed E-state index contributed by atoms with van der Waals surface area (Å²) in [5, 5.41) is 10.2. The molecule has 25 heavy (non-hydrogen) atoms. The Labute approximate surface area is 149 Å². The first-order valence-corrected chi connectivity index (χ1v) is 9.07. The number of para-hydroxylation sites is 1. The van der Waals surface area contributed by atoms with Gasteiger partial charge in [0.15, 0.2) is 0 Å². The summed E-state index contributed by atoms with van der Waals surface area (Å²) in [6, 6.07) is 5.29. The van der Waals surface area contributed by atoms with Crippen molar-refractivity contribution in [3.8, 4) is 5.75 Å². The average Bonchev–Trinajstić information content (AvgIpc) is 2.58. The van der Waals surface area contributed by atoms with Gasteiger partial charge in [-0.2, -0.15) is 0 Å². The van der Waals surface area contributed by atoms with E-state index in [1.807, 2.05) is 6.07 Å². The standard InChI is InChI=1S/C19H27BO5/c1-4-16(21)12-15-11-14-8-5-9-17(18(14)25-20(15)23)19(22)24-10-6-7-13(2)3/h5,8-9,13,15,23H,4,6-7,10-12H2,1-3H3/t15-/m1/s1. The zero-order valence-electron chi connectivity index (χ0n) is 15.3. The van der Waals surface area contributed by atoms with Crippen LogP contribution in [0.2, 0.25) is 5.82 Å². The number of carbonyl (C=O) groups is 2. The second-order valence-electron chi connectivity index (χ2n) is 7.03. The van der Waals surface area contributed by atoms with E-state index in [4.69, 9.17) is 9.39 Å². The summed E-state index contributed by atoms with van der Waals surface area (Å²) in [6.07, 6.45) is 3.06. The van der Waals surface area contributed by atoms with Crippen LogP contribution in [0.1, 0.15) is 62.4 Å². The number of hydrogen-bond acceptors (Lipinski definition) is 5. The molecule has 0 amide bonds. The number of ketones is 1. The lowest BCUT2D eigenvalue weighted by Gasteiger charge is -2.28. The summed E-state index contributed by atoms with van der Waals surface area (Å²) in [6.45, 7) is 6.44. The van der Waals surface area contributed by atoms with Gasteiger partial charge in [-0.25, -0.2) is 4.79 Å². The van der Waals surface area contributed by atoms with Gasteiger partial charge in [0.2, 0.25) is 0 Å². The van der Waals surface area contributed by atoms with Crippen LogP contribution in [0.5, 0.6) is 5.75 Å². The molecular weight excluding hydrogens is 319 g/mol. The Morgan fingerprint density at radius 2 is 2.16 bits per heavy atom. The quantitative estimate of drug-likeness (QED) is 0.443. The number of benzene rings is 1. The molecule has 1 aromatic rings. The number of Topliss-reactive ketones (excluding diaryl/α,β-unsaturated/α-hetero) is 1. The van der Waals surface area contributed by atoms with E-state index in [-0.39, 0.29) is 18.0 Å². The number of ether oxygens (including phenoxy) is 1. The largest absolute Gasteiger partial charge is 0.535 e. The summed E-state index contributed by atoms with van der Waals surface area (Å²) in [5.41, 5.74) is 1.16. The third-order valence-corrected chi connectivity index (χ3v) is 4.48. The number of rotatable bonds is 8. The molecular formula is C19H27BO5. The predicted molar refractivity (Wildman–Crippen MR) is 96.8 cm³/mol. The van der Waals surface area contributed by atoms with Gasteiger partial charge in [0, 0.05) is 18.7 Å². The van der Waals surface area contributed by atoms with E-state index in [0.29, 0.717) is 36.7 Å². The fourth-order valence-electron chi connectivity index (χ4n) is 2.99. The molecule has 5 nitrogen and oxygen atoms in total. The second-order valence-corrected chi connectivity index (χ2v) is 7.03. The maximum absolute atomic E-state index is 12.3. The maximum Gasteiger partial charge on any atom is 0.526 e. The highest BCUT2D eigenvalue weighted by atomic mass is 16.5. The Morgan fingerprint density at radius 3 is 2.84 bits per heavy atom. The molecule has 6 heteroatoms. The molecule has 0 radical (unpaired) electrons. The molecule has 1 N–H and O–H groups in total. The van der Waals surface area contributed by atoms with Gasteiger partial charge < -0.3 is 14.4 Å². The van der Waals surface area contributed by atoms with Crippen LogP contribution in [-0.4, -0.2) is 30.5 Å². The van der Waals surface area contributed by atoms with E-state index in [0.717, 1.165) is 18.4 Å². The van der Waals surface area contributed by atoms with Crippen molar-refractivity contribution in [3.63, 3.8) is 0 Å². The number of esters is 1. The van der Waals surface area contributed by atoms with Crippen LogP contribution in [0.15, 0.2) is 18.2 Å². The molecule has 136 valence electrons. The lowest BCUT2D eigenvalue weighted by molar-refractivity contribution is -0.118. The van der Waals surface area contributed by atoms with Gasteiger partial charge in [-0.05, 0) is 36.8 Å².